The monoisotopic (exact) mass is 643 g/mol. The molecule has 4 atom stereocenters. The van der Waals surface area contributed by atoms with Gasteiger partial charge in [-0.3, -0.25) is 18.8 Å². The molecule has 0 bridgehead atoms. The first-order valence-corrected chi connectivity index (χ1v) is 18.7. The van der Waals surface area contributed by atoms with Crippen molar-refractivity contribution >= 4 is 24.9 Å². The first-order valence-electron chi connectivity index (χ1n) is 15.6. The molecule has 2 aliphatic rings. The van der Waals surface area contributed by atoms with Gasteiger partial charge in [-0.2, -0.15) is 0 Å². The molecule has 46 heavy (non-hydrogen) atoms. The van der Waals surface area contributed by atoms with Gasteiger partial charge in [-0.1, -0.05) is 42.6 Å². The van der Waals surface area contributed by atoms with Crippen LogP contribution in [0, 0.1) is 5.92 Å². The Hall–Kier alpha value is -4.26. The molecule has 1 saturated heterocycles. The lowest BCUT2D eigenvalue weighted by molar-refractivity contribution is -0.145. The number of aliphatic hydroxyl groups is 1. The van der Waals surface area contributed by atoms with Crippen LogP contribution in [0.15, 0.2) is 71.8 Å². The number of benzene rings is 2. The smallest absolute Gasteiger partial charge is 0.297 e. The molecular formula is C34H41N5O6Si. The van der Waals surface area contributed by atoms with Gasteiger partial charge in [-0.05, 0) is 54.4 Å². The fraction of sp³-hybridized carbons (Fsp3) is 0.412. The normalized spacial score (nSPS) is 22.5. The van der Waals surface area contributed by atoms with Gasteiger partial charge in [-0.15, -0.1) is 5.10 Å². The Morgan fingerprint density at radius 2 is 1.83 bits per heavy atom. The number of aryl methyl sites for hydroxylation is 1. The third kappa shape index (κ3) is 5.04. The second-order valence-corrected chi connectivity index (χ2v) is 17.4. The number of hydrogen-bond acceptors (Lipinski definition) is 8. The number of aromatic nitrogens is 4. The van der Waals surface area contributed by atoms with E-state index in [-0.39, 0.29) is 41.4 Å². The van der Waals surface area contributed by atoms with E-state index >= 15 is 0 Å². The summed E-state index contributed by atoms with van der Waals surface area (Å²) in [7, 11) is 2.60. The summed E-state index contributed by atoms with van der Waals surface area (Å²) in [5.74, 6) is 0.738. The van der Waals surface area contributed by atoms with Crippen LogP contribution in [0.5, 0.6) is 11.5 Å². The van der Waals surface area contributed by atoms with Crippen LogP contribution in [-0.4, -0.2) is 72.6 Å². The minimum atomic E-state index is -2.32. The van der Waals surface area contributed by atoms with E-state index < -0.39 is 13.7 Å². The Bertz CT molecular complexity index is 1800. The van der Waals surface area contributed by atoms with E-state index in [0.717, 1.165) is 22.7 Å². The number of carbonyl (C=O) groups excluding carboxylic acids is 1. The van der Waals surface area contributed by atoms with Crippen molar-refractivity contribution in [3.63, 3.8) is 0 Å². The molecule has 0 radical (unpaired) electrons. The van der Waals surface area contributed by atoms with E-state index in [4.69, 9.17) is 14.2 Å². The van der Waals surface area contributed by atoms with Crippen LogP contribution in [0.3, 0.4) is 0 Å². The van der Waals surface area contributed by atoms with Gasteiger partial charge < -0.3 is 24.2 Å². The van der Waals surface area contributed by atoms with Gasteiger partial charge in [0, 0.05) is 56.2 Å². The molecule has 12 heteroatoms. The van der Waals surface area contributed by atoms with Crippen molar-refractivity contribution in [2.24, 2.45) is 5.92 Å². The molecule has 11 nitrogen and oxygen atoms in total. The van der Waals surface area contributed by atoms with Crippen molar-refractivity contribution in [2.75, 3.05) is 32.8 Å². The molecule has 242 valence electrons. The van der Waals surface area contributed by atoms with Crippen LogP contribution in [0.1, 0.15) is 24.6 Å². The van der Waals surface area contributed by atoms with Crippen LogP contribution in [0.2, 0.25) is 18.6 Å². The highest BCUT2D eigenvalue weighted by Crippen LogP contribution is 2.59. The molecule has 2 aromatic carbocycles. The molecule has 2 aliphatic heterocycles. The van der Waals surface area contributed by atoms with Crippen LogP contribution in [0.4, 0.5) is 5.69 Å². The Morgan fingerprint density at radius 1 is 1.07 bits per heavy atom. The van der Waals surface area contributed by atoms with E-state index in [2.05, 4.69) is 42.5 Å². The number of fused-ring (bicyclic) bond motifs is 2. The third-order valence-electron chi connectivity index (χ3n) is 9.96. The molecule has 0 aliphatic carbocycles. The predicted octanol–water partition coefficient (Wildman–Crippen LogP) is 3.26. The van der Waals surface area contributed by atoms with E-state index in [0.29, 0.717) is 25.1 Å². The SMILES string of the molecule is COc1ccc([Si](C)(C)[C@@H]2[C@@H](CCn3cc(CCO)nn3)O[C@]3(C(=O)N(C)c4ccc(-n5cccc(OC)c5=O)cc43)[C@H]2C)cc1. The highest BCUT2D eigenvalue weighted by Gasteiger charge is 2.65. The summed E-state index contributed by atoms with van der Waals surface area (Å²) in [4.78, 5) is 29.3. The van der Waals surface area contributed by atoms with Crippen molar-refractivity contribution < 1.29 is 24.1 Å². The van der Waals surface area contributed by atoms with Gasteiger partial charge in [-0.25, -0.2) is 0 Å². The van der Waals surface area contributed by atoms with Gasteiger partial charge >= 0.3 is 0 Å². The van der Waals surface area contributed by atoms with E-state index in [1.807, 2.05) is 36.5 Å². The highest BCUT2D eigenvalue weighted by molar-refractivity contribution is 6.91. The first-order chi connectivity index (χ1) is 22.1. The molecule has 1 amide bonds. The quantitative estimate of drug-likeness (QED) is 0.262. The molecule has 6 rings (SSSR count). The average Bonchev–Trinajstić information content (AvgIpc) is 3.70. The second kappa shape index (κ2) is 12.2. The summed E-state index contributed by atoms with van der Waals surface area (Å²) in [6.07, 6.45) is 4.35. The average molecular weight is 644 g/mol. The van der Waals surface area contributed by atoms with Gasteiger partial charge in [0.05, 0.1) is 39.8 Å². The van der Waals surface area contributed by atoms with Gasteiger partial charge in [0.25, 0.3) is 11.5 Å². The number of rotatable bonds is 10. The minimum absolute atomic E-state index is 0.00704. The number of carbonyl (C=O) groups is 1. The number of amides is 1. The summed E-state index contributed by atoms with van der Waals surface area (Å²) >= 11 is 0. The fourth-order valence-electron chi connectivity index (χ4n) is 7.60. The van der Waals surface area contributed by atoms with Crippen molar-refractivity contribution in [3.05, 3.63) is 88.6 Å². The molecule has 0 saturated carbocycles. The van der Waals surface area contributed by atoms with Crippen LogP contribution < -0.4 is 25.1 Å². The maximum Gasteiger partial charge on any atom is 0.297 e. The van der Waals surface area contributed by atoms with E-state index in [1.165, 1.54) is 16.9 Å². The van der Waals surface area contributed by atoms with E-state index in [9.17, 15) is 14.7 Å². The number of likely N-dealkylation sites (N-methyl/N-ethyl adjacent to an activating group) is 1. The number of ether oxygens (including phenoxy) is 3. The zero-order valence-corrected chi connectivity index (χ0v) is 28.1. The molecule has 4 aromatic rings. The van der Waals surface area contributed by atoms with Gasteiger partial charge in [0.1, 0.15) is 5.75 Å². The zero-order chi connectivity index (χ0) is 32.8. The van der Waals surface area contributed by atoms with Crippen molar-refractivity contribution in [3.8, 4) is 17.2 Å². The number of pyridine rings is 1. The first kappa shape index (κ1) is 31.7. The summed E-state index contributed by atoms with van der Waals surface area (Å²) in [6, 6.07) is 17.3. The number of nitrogens with zero attached hydrogens (tertiary/aromatic N) is 5. The second-order valence-electron chi connectivity index (χ2n) is 12.7. The summed E-state index contributed by atoms with van der Waals surface area (Å²) in [6.45, 7) is 7.38. The summed E-state index contributed by atoms with van der Waals surface area (Å²) in [5, 5.41) is 19.1. The van der Waals surface area contributed by atoms with Crippen molar-refractivity contribution in [2.45, 2.75) is 56.7 Å². The Balaban J connectivity index is 1.45. The molecule has 1 N–H and O–H groups in total. The molecule has 1 spiro atoms. The number of anilines is 1. The lowest BCUT2D eigenvalue weighted by Crippen LogP contribution is -2.51. The molecular weight excluding hydrogens is 602 g/mol. The fourth-order valence-corrected chi connectivity index (χ4v) is 11.7. The van der Waals surface area contributed by atoms with Crippen LogP contribution in [-0.2, 0) is 28.1 Å². The van der Waals surface area contributed by atoms with Gasteiger partial charge in [0.15, 0.2) is 11.4 Å². The molecule has 2 aromatic heterocycles. The predicted molar refractivity (Wildman–Crippen MR) is 177 cm³/mol. The maximum absolute atomic E-state index is 14.5. The Morgan fingerprint density at radius 3 is 2.52 bits per heavy atom. The number of aliphatic hydroxyl groups excluding tert-OH is 1. The van der Waals surface area contributed by atoms with E-state index in [1.54, 1.807) is 42.1 Å². The minimum Gasteiger partial charge on any atom is -0.497 e. The number of methoxy groups -OCH3 is 2. The molecule has 0 unspecified atom stereocenters. The van der Waals surface area contributed by atoms with Gasteiger partial charge in [0.2, 0.25) is 0 Å². The highest BCUT2D eigenvalue weighted by atomic mass is 28.3. The number of hydrogen-bond donors (Lipinski definition) is 1. The molecule has 4 heterocycles. The third-order valence-corrected chi connectivity index (χ3v) is 14.3. The van der Waals surface area contributed by atoms with Crippen molar-refractivity contribution in [1.82, 2.24) is 19.6 Å². The lowest BCUT2D eigenvalue weighted by Gasteiger charge is -2.37. The molecule has 1 fully saturated rings. The Kier molecular flexibility index (Phi) is 8.38. The topological polar surface area (TPSA) is 121 Å². The standard InChI is InChI=1S/C34H41N5O6Si/c1-22-31(46(5,6)26-12-10-25(43-3)11-13-26)29(15-18-38-21-23(16-19-40)35-36-38)45-34(22)27-20-24(9-14-28(27)37(2)33(34)42)39-17-7-8-30(44-4)32(39)41/h7-14,17,20-22,29,31,40H,15-16,18-19H2,1-6H3/t22-,29+,31-,34+/m0/s1. The largest absolute Gasteiger partial charge is 0.497 e. The maximum atomic E-state index is 14.5. The van der Waals surface area contributed by atoms with Crippen LogP contribution in [0.25, 0.3) is 5.69 Å². The summed E-state index contributed by atoms with van der Waals surface area (Å²) in [5.41, 5.74) is 1.42. The lowest BCUT2D eigenvalue weighted by atomic mass is 9.82. The van der Waals surface area contributed by atoms with Crippen LogP contribution >= 0.6 is 0 Å². The van der Waals surface area contributed by atoms with Crippen molar-refractivity contribution in [1.29, 1.82) is 0 Å². The zero-order valence-electron chi connectivity index (χ0n) is 27.1. The summed E-state index contributed by atoms with van der Waals surface area (Å²) < 4.78 is 21.2. The Labute approximate surface area is 269 Å².